The molecule has 3 heteroatoms. The highest BCUT2D eigenvalue weighted by Crippen LogP contribution is 2.03. The van der Waals surface area contributed by atoms with Gasteiger partial charge in [-0.25, -0.2) is 0 Å². The zero-order valence-electron chi connectivity index (χ0n) is 6.65. The molecule has 0 aromatic heterocycles. The van der Waals surface area contributed by atoms with Crippen molar-refractivity contribution in [2.24, 2.45) is 0 Å². The second-order valence-corrected chi connectivity index (χ2v) is 3.54. The lowest BCUT2D eigenvalue weighted by atomic mass is 10.0. The fourth-order valence-corrected chi connectivity index (χ4v) is 0.989. The van der Waals surface area contributed by atoms with E-state index in [-0.39, 0.29) is 12.1 Å². The molecule has 0 spiro atoms. The molecule has 1 saturated heterocycles. The lowest BCUT2D eigenvalue weighted by molar-refractivity contribution is 0.161. The van der Waals surface area contributed by atoms with Crippen LogP contribution in [-0.2, 0) is 0 Å². The third-order valence-electron chi connectivity index (χ3n) is 1.77. The van der Waals surface area contributed by atoms with E-state index in [9.17, 15) is 0 Å². The van der Waals surface area contributed by atoms with Gasteiger partial charge in [-0.1, -0.05) is 0 Å². The second kappa shape index (κ2) is 2.86. The standard InChI is InChI=1S/C7H16N2O/c1-7(2,5-10)9-6-3-8-4-6/h6,8-10H,3-5H2,1-2H3. The molecule has 1 heterocycles. The molecule has 60 valence electrons. The van der Waals surface area contributed by atoms with Crippen LogP contribution in [0.25, 0.3) is 0 Å². The molecule has 0 aromatic carbocycles. The summed E-state index contributed by atoms with van der Waals surface area (Å²) in [5.41, 5.74) is -0.118. The predicted octanol–water partition coefficient (Wildman–Crippen LogP) is -0.681. The Kier molecular flexibility index (Phi) is 2.28. The number of nitrogens with one attached hydrogen (secondary N) is 2. The van der Waals surface area contributed by atoms with Crippen LogP contribution in [0.2, 0.25) is 0 Å². The van der Waals surface area contributed by atoms with E-state index in [4.69, 9.17) is 5.11 Å². The van der Waals surface area contributed by atoms with E-state index in [0.717, 1.165) is 13.1 Å². The monoisotopic (exact) mass is 144 g/mol. The van der Waals surface area contributed by atoms with Crippen LogP contribution in [-0.4, -0.2) is 36.4 Å². The summed E-state index contributed by atoms with van der Waals surface area (Å²) >= 11 is 0. The summed E-state index contributed by atoms with van der Waals surface area (Å²) in [7, 11) is 0. The van der Waals surface area contributed by atoms with Gasteiger partial charge in [-0.2, -0.15) is 0 Å². The largest absolute Gasteiger partial charge is 0.394 e. The molecule has 3 nitrogen and oxygen atoms in total. The molecule has 3 N–H and O–H groups in total. The SMILES string of the molecule is CC(C)(CO)NC1CNC1. The van der Waals surface area contributed by atoms with Crippen molar-refractivity contribution in [3.8, 4) is 0 Å². The number of aliphatic hydroxyl groups is 1. The highest BCUT2D eigenvalue weighted by atomic mass is 16.3. The zero-order chi connectivity index (χ0) is 7.61. The molecular weight excluding hydrogens is 128 g/mol. The van der Waals surface area contributed by atoms with Crippen LogP contribution in [0, 0.1) is 0 Å². The first-order valence-corrected chi connectivity index (χ1v) is 3.73. The fraction of sp³-hybridized carbons (Fsp3) is 1.00. The van der Waals surface area contributed by atoms with E-state index >= 15 is 0 Å². The van der Waals surface area contributed by atoms with Gasteiger partial charge >= 0.3 is 0 Å². The van der Waals surface area contributed by atoms with Gasteiger partial charge in [-0.3, -0.25) is 0 Å². The first-order chi connectivity index (χ1) is 4.64. The molecule has 0 aromatic rings. The van der Waals surface area contributed by atoms with Crippen LogP contribution >= 0.6 is 0 Å². The minimum atomic E-state index is -0.118. The fourth-order valence-electron chi connectivity index (χ4n) is 0.989. The molecule has 10 heavy (non-hydrogen) atoms. The molecule has 1 fully saturated rings. The average Bonchev–Trinajstić information content (AvgIpc) is 1.80. The summed E-state index contributed by atoms with van der Waals surface area (Å²) in [6.45, 7) is 6.27. The van der Waals surface area contributed by atoms with Gasteiger partial charge in [-0.15, -0.1) is 0 Å². The minimum Gasteiger partial charge on any atom is -0.394 e. The van der Waals surface area contributed by atoms with Crippen LogP contribution in [0.15, 0.2) is 0 Å². The Balaban J connectivity index is 2.21. The van der Waals surface area contributed by atoms with Crippen molar-refractivity contribution >= 4 is 0 Å². The smallest absolute Gasteiger partial charge is 0.0607 e. The number of aliphatic hydroxyl groups excluding tert-OH is 1. The van der Waals surface area contributed by atoms with E-state index in [1.807, 2.05) is 13.8 Å². The Morgan fingerprint density at radius 1 is 1.60 bits per heavy atom. The Hall–Kier alpha value is -0.120. The third kappa shape index (κ3) is 1.94. The number of hydrogen-bond acceptors (Lipinski definition) is 3. The maximum atomic E-state index is 8.88. The van der Waals surface area contributed by atoms with Crippen molar-refractivity contribution in [3.05, 3.63) is 0 Å². The van der Waals surface area contributed by atoms with E-state index in [2.05, 4.69) is 10.6 Å². The lowest BCUT2D eigenvalue weighted by Crippen LogP contribution is -2.61. The van der Waals surface area contributed by atoms with Gasteiger partial charge < -0.3 is 15.7 Å². The second-order valence-electron chi connectivity index (χ2n) is 3.54. The van der Waals surface area contributed by atoms with Gasteiger partial charge in [0.25, 0.3) is 0 Å². The zero-order valence-corrected chi connectivity index (χ0v) is 6.65. The number of hydrogen-bond donors (Lipinski definition) is 3. The average molecular weight is 144 g/mol. The molecule has 1 aliphatic heterocycles. The third-order valence-corrected chi connectivity index (χ3v) is 1.77. The van der Waals surface area contributed by atoms with Crippen LogP contribution in [0.4, 0.5) is 0 Å². The molecule has 1 rings (SSSR count). The van der Waals surface area contributed by atoms with Crippen LogP contribution in [0.3, 0.4) is 0 Å². The van der Waals surface area contributed by atoms with E-state index in [1.54, 1.807) is 0 Å². The Morgan fingerprint density at radius 3 is 2.50 bits per heavy atom. The van der Waals surface area contributed by atoms with Crippen molar-refractivity contribution in [2.45, 2.75) is 25.4 Å². The van der Waals surface area contributed by atoms with Crippen molar-refractivity contribution in [1.82, 2.24) is 10.6 Å². The van der Waals surface area contributed by atoms with Gasteiger partial charge in [-0.05, 0) is 13.8 Å². The van der Waals surface area contributed by atoms with Gasteiger partial charge in [0.1, 0.15) is 0 Å². The topological polar surface area (TPSA) is 44.3 Å². The summed E-state index contributed by atoms with van der Waals surface area (Å²) in [5.74, 6) is 0. The first kappa shape index (κ1) is 7.98. The van der Waals surface area contributed by atoms with Gasteiger partial charge in [0.15, 0.2) is 0 Å². The highest BCUT2D eigenvalue weighted by Gasteiger charge is 2.24. The Labute approximate surface area is 61.8 Å². The molecular formula is C7H16N2O. The maximum absolute atomic E-state index is 8.88. The predicted molar refractivity (Wildman–Crippen MR) is 41.0 cm³/mol. The molecule has 0 saturated carbocycles. The summed E-state index contributed by atoms with van der Waals surface area (Å²) < 4.78 is 0. The van der Waals surface area contributed by atoms with Crippen molar-refractivity contribution < 1.29 is 5.11 Å². The first-order valence-electron chi connectivity index (χ1n) is 3.73. The summed E-state index contributed by atoms with van der Waals surface area (Å²) in [6.07, 6.45) is 0. The van der Waals surface area contributed by atoms with Gasteiger partial charge in [0, 0.05) is 24.7 Å². The van der Waals surface area contributed by atoms with Crippen molar-refractivity contribution in [3.63, 3.8) is 0 Å². The summed E-state index contributed by atoms with van der Waals surface area (Å²) in [4.78, 5) is 0. The summed E-state index contributed by atoms with van der Waals surface area (Å²) in [5, 5.41) is 15.4. The van der Waals surface area contributed by atoms with Gasteiger partial charge in [0.2, 0.25) is 0 Å². The molecule has 0 unspecified atom stereocenters. The van der Waals surface area contributed by atoms with E-state index in [1.165, 1.54) is 0 Å². The van der Waals surface area contributed by atoms with Crippen molar-refractivity contribution in [2.75, 3.05) is 19.7 Å². The Bertz CT molecular complexity index is 110. The van der Waals surface area contributed by atoms with Crippen molar-refractivity contribution in [1.29, 1.82) is 0 Å². The van der Waals surface area contributed by atoms with Crippen LogP contribution < -0.4 is 10.6 Å². The molecule has 0 amide bonds. The highest BCUT2D eigenvalue weighted by molar-refractivity contribution is 4.88. The number of rotatable bonds is 3. The van der Waals surface area contributed by atoms with Gasteiger partial charge in [0.05, 0.1) is 6.61 Å². The Morgan fingerprint density at radius 2 is 2.20 bits per heavy atom. The minimum absolute atomic E-state index is 0.118. The quantitative estimate of drug-likeness (QED) is 0.491. The van der Waals surface area contributed by atoms with Crippen LogP contribution in [0.5, 0.6) is 0 Å². The molecule has 0 bridgehead atoms. The summed E-state index contributed by atoms with van der Waals surface area (Å²) in [6, 6.07) is 0.558. The lowest BCUT2D eigenvalue weighted by Gasteiger charge is -2.35. The maximum Gasteiger partial charge on any atom is 0.0607 e. The molecule has 0 radical (unpaired) electrons. The molecule has 1 aliphatic rings. The molecule has 0 atom stereocenters. The van der Waals surface area contributed by atoms with Crippen LogP contribution in [0.1, 0.15) is 13.8 Å². The van der Waals surface area contributed by atoms with E-state index in [0.29, 0.717) is 6.04 Å². The normalized spacial score (nSPS) is 20.7. The molecule has 0 aliphatic carbocycles. The van der Waals surface area contributed by atoms with E-state index < -0.39 is 0 Å².